The van der Waals surface area contributed by atoms with Gasteiger partial charge in [-0.2, -0.15) is 0 Å². The monoisotopic (exact) mass is 292 g/mol. The standard InChI is InChI=1S/C17H28N2O2/c1-14(11-18-12-15-9-7-6-8-10-15)13-19(5)16(20)21-17(2,3)4/h6-10,14,18H,11-13H2,1-5H3. The van der Waals surface area contributed by atoms with Gasteiger partial charge in [-0.15, -0.1) is 0 Å². The SMILES string of the molecule is CC(CNCc1ccccc1)CN(C)C(=O)OC(C)(C)C. The highest BCUT2D eigenvalue weighted by atomic mass is 16.6. The maximum absolute atomic E-state index is 11.9. The van der Waals surface area contributed by atoms with Gasteiger partial charge in [0.1, 0.15) is 5.60 Å². The minimum atomic E-state index is -0.444. The molecule has 0 aliphatic carbocycles. The first-order valence-electron chi connectivity index (χ1n) is 7.46. The summed E-state index contributed by atoms with van der Waals surface area (Å²) in [5, 5.41) is 3.42. The zero-order valence-corrected chi connectivity index (χ0v) is 13.8. The van der Waals surface area contributed by atoms with E-state index in [0.29, 0.717) is 12.5 Å². The average molecular weight is 292 g/mol. The van der Waals surface area contributed by atoms with Gasteiger partial charge in [-0.1, -0.05) is 37.3 Å². The van der Waals surface area contributed by atoms with Gasteiger partial charge in [-0.25, -0.2) is 4.79 Å². The van der Waals surface area contributed by atoms with E-state index in [-0.39, 0.29) is 6.09 Å². The topological polar surface area (TPSA) is 41.6 Å². The molecule has 0 saturated carbocycles. The minimum absolute atomic E-state index is 0.266. The maximum Gasteiger partial charge on any atom is 0.410 e. The molecule has 1 N–H and O–H groups in total. The van der Waals surface area contributed by atoms with E-state index in [9.17, 15) is 4.79 Å². The summed E-state index contributed by atoms with van der Waals surface area (Å²) in [6.07, 6.45) is -0.266. The Morgan fingerprint density at radius 3 is 2.48 bits per heavy atom. The summed E-state index contributed by atoms with van der Waals surface area (Å²) in [4.78, 5) is 13.5. The van der Waals surface area contributed by atoms with Crippen LogP contribution >= 0.6 is 0 Å². The lowest BCUT2D eigenvalue weighted by atomic mass is 10.1. The Balaban J connectivity index is 2.26. The molecule has 1 atom stereocenters. The van der Waals surface area contributed by atoms with Crippen LogP contribution in [0.1, 0.15) is 33.3 Å². The van der Waals surface area contributed by atoms with Crippen molar-refractivity contribution in [3.05, 3.63) is 35.9 Å². The van der Waals surface area contributed by atoms with Gasteiger partial charge < -0.3 is 15.0 Å². The Morgan fingerprint density at radius 1 is 1.29 bits per heavy atom. The van der Waals surface area contributed by atoms with Crippen LogP contribution in [0, 0.1) is 5.92 Å². The highest BCUT2D eigenvalue weighted by Crippen LogP contribution is 2.10. The molecule has 0 spiro atoms. The lowest BCUT2D eigenvalue weighted by Gasteiger charge is -2.26. The van der Waals surface area contributed by atoms with Crippen molar-refractivity contribution < 1.29 is 9.53 Å². The molecule has 0 aliphatic heterocycles. The van der Waals surface area contributed by atoms with Crippen molar-refractivity contribution in [1.82, 2.24) is 10.2 Å². The van der Waals surface area contributed by atoms with Crippen molar-refractivity contribution in [2.45, 2.75) is 39.8 Å². The first-order chi connectivity index (χ1) is 9.78. The second-order valence-corrected chi connectivity index (χ2v) is 6.58. The molecular formula is C17H28N2O2. The van der Waals surface area contributed by atoms with Crippen LogP contribution in [0.5, 0.6) is 0 Å². The highest BCUT2D eigenvalue weighted by molar-refractivity contribution is 5.67. The van der Waals surface area contributed by atoms with Crippen molar-refractivity contribution in [3.8, 4) is 0 Å². The number of hydrogen-bond acceptors (Lipinski definition) is 3. The Bertz CT molecular complexity index is 426. The van der Waals surface area contributed by atoms with Gasteiger partial charge in [0.25, 0.3) is 0 Å². The van der Waals surface area contributed by atoms with Crippen molar-refractivity contribution >= 4 is 6.09 Å². The lowest BCUT2D eigenvalue weighted by molar-refractivity contribution is 0.0277. The van der Waals surface area contributed by atoms with Gasteiger partial charge in [-0.05, 0) is 38.8 Å². The number of hydrogen-bond donors (Lipinski definition) is 1. The molecule has 118 valence electrons. The Hall–Kier alpha value is -1.55. The van der Waals surface area contributed by atoms with Gasteiger partial charge >= 0.3 is 6.09 Å². The van der Waals surface area contributed by atoms with E-state index in [1.807, 2.05) is 39.0 Å². The average Bonchev–Trinajstić information content (AvgIpc) is 2.37. The fourth-order valence-corrected chi connectivity index (χ4v) is 2.01. The van der Waals surface area contributed by atoms with E-state index in [2.05, 4.69) is 24.4 Å². The van der Waals surface area contributed by atoms with Crippen molar-refractivity contribution in [1.29, 1.82) is 0 Å². The molecule has 4 nitrogen and oxygen atoms in total. The first-order valence-corrected chi connectivity index (χ1v) is 7.46. The molecule has 0 radical (unpaired) electrons. The van der Waals surface area contributed by atoms with E-state index in [4.69, 9.17) is 4.74 Å². The van der Waals surface area contributed by atoms with Gasteiger partial charge in [0, 0.05) is 20.1 Å². The summed E-state index contributed by atoms with van der Waals surface area (Å²) in [6.45, 7) is 10.1. The molecule has 0 aliphatic rings. The molecule has 0 saturated heterocycles. The molecule has 1 unspecified atom stereocenters. The summed E-state index contributed by atoms with van der Waals surface area (Å²) >= 11 is 0. The normalized spacial score (nSPS) is 12.8. The number of rotatable bonds is 6. The smallest absolute Gasteiger partial charge is 0.410 e. The third kappa shape index (κ3) is 7.71. The third-order valence-electron chi connectivity index (χ3n) is 2.96. The number of nitrogens with zero attached hydrogens (tertiary/aromatic N) is 1. The van der Waals surface area contributed by atoms with Crippen LogP contribution in [0.25, 0.3) is 0 Å². The predicted octanol–water partition coefficient (Wildman–Crippen LogP) is 3.28. The van der Waals surface area contributed by atoms with Gasteiger partial charge in [0.05, 0.1) is 0 Å². The van der Waals surface area contributed by atoms with Crippen LogP contribution in [0.2, 0.25) is 0 Å². The predicted molar refractivity (Wildman–Crippen MR) is 86.2 cm³/mol. The second-order valence-electron chi connectivity index (χ2n) is 6.58. The van der Waals surface area contributed by atoms with Gasteiger partial charge in [0.15, 0.2) is 0 Å². The fourth-order valence-electron chi connectivity index (χ4n) is 2.01. The van der Waals surface area contributed by atoms with Crippen molar-refractivity contribution in [2.24, 2.45) is 5.92 Å². The lowest BCUT2D eigenvalue weighted by Crippen LogP contribution is -2.38. The van der Waals surface area contributed by atoms with E-state index < -0.39 is 5.60 Å². The summed E-state index contributed by atoms with van der Waals surface area (Å²) < 4.78 is 5.34. The van der Waals surface area contributed by atoms with E-state index in [1.54, 1.807) is 11.9 Å². The second kappa shape index (κ2) is 8.03. The maximum atomic E-state index is 11.9. The van der Waals surface area contributed by atoms with Crippen molar-refractivity contribution in [2.75, 3.05) is 20.1 Å². The zero-order valence-electron chi connectivity index (χ0n) is 13.8. The molecule has 1 aromatic carbocycles. The van der Waals surface area contributed by atoms with Crippen molar-refractivity contribution in [3.63, 3.8) is 0 Å². The van der Waals surface area contributed by atoms with Crippen LogP contribution in [0.4, 0.5) is 4.79 Å². The van der Waals surface area contributed by atoms with E-state index in [0.717, 1.165) is 13.1 Å². The summed E-state index contributed by atoms with van der Waals surface area (Å²) in [7, 11) is 1.78. The molecule has 1 aromatic rings. The largest absolute Gasteiger partial charge is 0.444 e. The fraction of sp³-hybridized carbons (Fsp3) is 0.588. The molecule has 0 fully saturated rings. The third-order valence-corrected chi connectivity index (χ3v) is 2.96. The number of carbonyl (C=O) groups is 1. The zero-order chi connectivity index (χ0) is 15.9. The Labute approximate surface area is 128 Å². The van der Waals surface area contributed by atoms with Gasteiger partial charge in [-0.3, -0.25) is 0 Å². The van der Waals surface area contributed by atoms with E-state index in [1.165, 1.54) is 5.56 Å². The van der Waals surface area contributed by atoms with Crippen LogP contribution in [-0.2, 0) is 11.3 Å². The Kier molecular flexibility index (Phi) is 6.69. The number of amides is 1. The summed E-state index contributed by atoms with van der Waals surface area (Å²) in [5.41, 5.74) is 0.824. The summed E-state index contributed by atoms with van der Waals surface area (Å²) in [6, 6.07) is 10.3. The van der Waals surface area contributed by atoms with Crippen LogP contribution in [0.3, 0.4) is 0 Å². The minimum Gasteiger partial charge on any atom is -0.444 e. The molecule has 0 aromatic heterocycles. The quantitative estimate of drug-likeness (QED) is 0.875. The highest BCUT2D eigenvalue weighted by Gasteiger charge is 2.20. The number of nitrogens with one attached hydrogen (secondary N) is 1. The molecule has 1 amide bonds. The van der Waals surface area contributed by atoms with Crippen LogP contribution in [0.15, 0.2) is 30.3 Å². The van der Waals surface area contributed by atoms with Crippen LogP contribution in [-0.4, -0.2) is 36.7 Å². The molecule has 4 heteroatoms. The molecular weight excluding hydrogens is 264 g/mol. The number of ether oxygens (including phenoxy) is 1. The van der Waals surface area contributed by atoms with Gasteiger partial charge in [0.2, 0.25) is 0 Å². The first kappa shape index (κ1) is 17.5. The Morgan fingerprint density at radius 2 is 1.90 bits per heavy atom. The molecule has 21 heavy (non-hydrogen) atoms. The van der Waals surface area contributed by atoms with E-state index >= 15 is 0 Å². The molecule has 1 rings (SSSR count). The molecule has 0 heterocycles. The van der Waals surface area contributed by atoms with Crippen LogP contribution < -0.4 is 5.32 Å². The molecule has 0 bridgehead atoms. The number of carbonyl (C=O) groups excluding carboxylic acids is 1. The number of benzene rings is 1. The summed E-state index contributed by atoms with van der Waals surface area (Å²) in [5.74, 6) is 0.367.